The van der Waals surface area contributed by atoms with Crippen LogP contribution in [0.2, 0.25) is 0 Å². The van der Waals surface area contributed by atoms with Crippen LogP contribution in [0, 0.1) is 0 Å². The molecule has 0 saturated carbocycles. The highest BCUT2D eigenvalue weighted by Gasteiger charge is 2.16. The summed E-state index contributed by atoms with van der Waals surface area (Å²) in [4.78, 5) is 11.6. The van der Waals surface area contributed by atoms with Crippen molar-refractivity contribution < 1.29 is 19.0 Å². The minimum atomic E-state index is -0.745. The summed E-state index contributed by atoms with van der Waals surface area (Å²) in [6.45, 7) is 1.55. The molecule has 2 N–H and O–H groups in total. The molecule has 0 bridgehead atoms. The normalized spacial score (nSPS) is 12.1. The van der Waals surface area contributed by atoms with Gasteiger partial charge in [0, 0.05) is 7.11 Å². The molecule has 0 unspecified atom stereocenters. The fourth-order valence-corrected chi connectivity index (χ4v) is 1.33. The molecular weight excluding hydrogens is 234 g/mol. The molecule has 0 amide bonds. The predicted octanol–water partition coefficient (Wildman–Crippen LogP) is 0.893. The number of rotatable bonds is 8. The second kappa shape index (κ2) is 8.63. The molecule has 1 atom stereocenters. The Balaban J connectivity index is 2.20. The third kappa shape index (κ3) is 5.27. The molecule has 0 radical (unpaired) electrons. The molecule has 0 fully saturated rings. The summed E-state index contributed by atoms with van der Waals surface area (Å²) >= 11 is 0. The van der Waals surface area contributed by atoms with Gasteiger partial charge in [0.2, 0.25) is 0 Å². The van der Waals surface area contributed by atoms with Crippen LogP contribution in [0.15, 0.2) is 30.3 Å². The van der Waals surface area contributed by atoms with Crippen molar-refractivity contribution in [1.82, 2.24) is 0 Å². The highest BCUT2D eigenvalue weighted by atomic mass is 16.6. The molecular formula is C13H19NO4. The molecule has 0 aliphatic rings. The number of methoxy groups -OCH3 is 1. The number of benzene rings is 1. The summed E-state index contributed by atoms with van der Waals surface area (Å²) in [5.41, 5.74) is 6.50. The van der Waals surface area contributed by atoms with Gasteiger partial charge in [0.25, 0.3) is 0 Å². The van der Waals surface area contributed by atoms with Gasteiger partial charge in [-0.05, 0) is 5.56 Å². The van der Waals surface area contributed by atoms with Gasteiger partial charge in [0.1, 0.15) is 12.6 Å². The van der Waals surface area contributed by atoms with E-state index >= 15 is 0 Å². The molecule has 1 aromatic rings. The summed E-state index contributed by atoms with van der Waals surface area (Å²) in [7, 11) is 1.60. The topological polar surface area (TPSA) is 70.8 Å². The van der Waals surface area contributed by atoms with Crippen molar-refractivity contribution in [1.29, 1.82) is 0 Å². The molecule has 0 saturated heterocycles. The Labute approximate surface area is 107 Å². The van der Waals surface area contributed by atoms with E-state index in [1.807, 2.05) is 18.2 Å². The number of hydrogen-bond acceptors (Lipinski definition) is 5. The lowest BCUT2D eigenvalue weighted by molar-refractivity contribution is -0.147. The van der Waals surface area contributed by atoms with Crippen molar-refractivity contribution in [2.75, 3.05) is 33.5 Å². The van der Waals surface area contributed by atoms with E-state index in [4.69, 9.17) is 19.9 Å². The molecule has 5 heteroatoms. The Morgan fingerprint density at radius 2 is 1.83 bits per heavy atom. The van der Waals surface area contributed by atoms with Crippen LogP contribution in [-0.4, -0.2) is 39.5 Å². The Bertz CT molecular complexity index is 342. The van der Waals surface area contributed by atoms with E-state index in [-0.39, 0.29) is 6.61 Å². The molecule has 1 aromatic carbocycles. The lowest BCUT2D eigenvalue weighted by Gasteiger charge is -2.11. The fourth-order valence-electron chi connectivity index (χ4n) is 1.33. The van der Waals surface area contributed by atoms with E-state index in [2.05, 4.69) is 0 Å². The zero-order chi connectivity index (χ0) is 13.2. The van der Waals surface area contributed by atoms with E-state index in [9.17, 15) is 4.79 Å². The van der Waals surface area contributed by atoms with Crippen molar-refractivity contribution in [3.05, 3.63) is 35.9 Å². The number of carbonyl (C=O) groups is 1. The van der Waals surface area contributed by atoms with Gasteiger partial charge in [0.05, 0.1) is 19.8 Å². The van der Waals surface area contributed by atoms with E-state index in [1.165, 1.54) is 0 Å². The second-order valence-electron chi connectivity index (χ2n) is 3.66. The van der Waals surface area contributed by atoms with Gasteiger partial charge in [0.15, 0.2) is 0 Å². The quantitative estimate of drug-likeness (QED) is 0.550. The first-order chi connectivity index (χ1) is 8.75. The third-order valence-electron chi connectivity index (χ3n) is 2.32. The van der Waals surface area contributed by atoms with Gasteiger partial charge < -0.3 is 19.9 Å². The molecule has 0 aromatic heterocycles. The van der Waals surface area contributed by atoms with Crippen LogP contribution in [0.4, 0.5) is 0 Å². The molecule has 5 nitrogen and oxygen atoms in total. The zero-order valence-electron chi connectivity index (χ0n) is 10.5. The Morgan fingerprint density at radius 3 is 2.50 bits per heavy atom. The number of carbonyl (C=O) groups excluding carboxylic acids is 1. The molecule has 0 spiro atoms. The minimum Gasteiger partial charge on any atom is -0.462 e. The maximum absolute atomic E-state index is 11.6. The minimum absolute atomic E-state index is 0.198. The molecule has 1 rings (SSSR count). The average Bonchev–Trinajstić information content (AvgIpc) is 2.42. The predicted molar refractivity (Wildman–Crippen MR) is 67.0 cm³/mol. The fraction of sp³-hybridized carbons (Fsp3) is 0.462. The van der Waals surface area contributed by atoms with Crippen LogP contribution >= 0.6 is 0 Å². The molecule has 0 aliphatic carbocycles. The van der Waals surface area contributed by atoms with Crippen LogP contribution in [0.5, 0.6) is 0 Å². The van der Waals surface area contributed by atoms with Crippen molar-refractivity contribution >= 4 is 5.97 Å². The summed E-state index contributed by atoms with van der Waals surface area (Å²) in [5.74, 6) is -0.448. The van der Waals surface area contributed by atoms with Gasteiger partial charge >= 0.3 is 5.97 Å². The first kappa shape index (κ1) is 14.6. The molecule has 0 aliphatic heterocycles. The van der Waals surface area contributed by atoms with Crippen LogP contribution in [0.25, 0.3) is 0 Å². The van der Waals surface area contributed by atoms with Crippen LogP contribution < -0.4 is 5.73 Å². The van der Waals surface area contributed by atoms with Crippen molar-refractivity contribution in [3.8, 4) is 0 Å². The van der Waals surface area contributed by atoms with Crippen molar-refractivity contribution in [2.24, 2.45) is 5.73 Å². The van der Waals surface area contributed by atoms with Crippen molar-refractivity contribution in [2.45, 2.75) is 6.04 Å². The third-order valence-corrected chi connectivity index (χ3v) is 2.32. The largest absolute Gasteiger partial charge is 0.462 e. The van der Waals surface area contributed by atoms with Gasteiger partial charge in [-0.25, -0.2) is 4.79 Å². The van der Waals surface area contributed by atoms with E-state index in [1.54, 1.807) is 19.2 Å². The molecule has 0 heterocycles. The number of hydrogen-bond donors (Lipinski definition) is 1. The lowest BCUT2D eigenvalue weighted by atomic mass is 10.1. The van der Waals surface area contributed by atoms with Gasteiger partial charge in [-0.1, -0.05) is 30.3 Å². The Morgan fingerprint density at radius 1 is 1.17 bits per heavy atom. The average molecular weight is 253 g/mol. The number of esters is 1. The SMILES string of the molecule is COCCOCCOC(=O)[C@H](N)c1ccccc1. The van der Waals surface area contributed by atoms with Crippen LogP contribution in [0.3, 0.4) is 0 Å². The first-order valence-electron chi connectivity index (χ1n) is 5.79. The van der Waals surface area contributed by atoms with E-state index in [0.717, 1.165) is 5.56 Å². The summed E-state index contributed by atoms with van der Waals surface area (Å²) in [5, 5.41) is 0. The highest BCUT2D eigenvalue weighted by Crippen LogP contribution is 2.10. The monoisotopic (exact) mass is 253 g/mol. The molecule has 18 heavy (non-hydrogen) atoms. The summed E-state index contributed by atoms with van der Waals surface area (Å²) < 4.78 is 15.0. The molecule has 100 valence electrons. The first-order valence-corrected chi connectivity index (χ1v) is 5.79. The van der Waals surface area contributed by atoms with Crippen molar-refractivity contribution in [3.63, 3.8) is 0 Å². The number of nitrogens with two attached hydrogens (primary N) is 1. The van der Waals surface area contributed by atoms with Crippen LogP contribution in [0.1, 0.15) is 11.6 Å². The standard InChI is InChI=1S/C13H19NO4/c1-16-7-8-17-9-10-18-13(15)12(14)11-5-3-2-4-6-11/h2-6,12H,7-10,14H2,1H3/t12-/m1/s1. The Kier molecular flexibility index (Phi) is 7.01. The van der Waals surface area contributed by atoms with Gasteiger partial charge in [-0.15, -0.1) is 0 Å². The smallest absolute Gasteiger partial charge is 0.327 e. The maximum atomic E-state index is 11.6. The van der Waals surface area contributed by atoms with Gasteiger partial charge in [-0.3, -0.25) is 0 Å². The van der Waals surface area contributed by atoms with Crippen LogP contribution in [-0.2, 0) is 19.0 Å². The second-order valence-corrected chi connectivity index (χ2v) is 3.66. The lowest BCUT2D eigenvalue weighted by Crippen LogP contribution is -2.25. The summed E-state index contributed by atoms with van der Waals surface area (Å²) in [6, 6.07) is 8.37. The van der Waals surface area contributed by atoms with E-state index < -0.39 is 12.0 Å². The highest BCUT2D eigenvalue weighted by molar-refractivity contribution is 5.77. The van der Waals surface area contributed by atoms with Gasteiger partial charge in [-0.2, -0.15) is 0 Å². The maximum Gasteiger partial charge on any atom is 0.327 e. The number of ether oxygens (including phenoxy) is 3. The Hall–Kier alpha value is -1.43. The summed E-state index contributed by atoms with van der Waals surface area (Å²) in [6.07, 6.45) is 0. The van der Waals surface area contributed by atoms with E-state index in [0.29, 0.717) is 19.8 Å². The zero-order valence-corrected chi connectivity index (χ0v) is 10.5.